The minimum absolute atomic E-state index is 0.0167. The lowest BCUT2D eigenvalue weighted by molar-refractivity contribution is -0.384. The lowest BCUT2D eigenvalue weighted by Crippen LogP contribution is -2.49. The van der Waals surface area contributed by atoms with Crippen LogP contribution in [-0.2, 0) is 9.53 Å². The highest BCUT2D eigenvalue weighted by atomic mass is 16.6. The van der Waals surface area contributed by atoms with Gasteiger partial charge in [-0.15, -0.1) is 0 Å². The van der Waals surface area contributed by atoms with Crippen LogP contribution in [0.2, 0.25) is 0 Å². The van der Waals surface area contributed by atoms with E-state index >= 15 is 0 Å². The fraction of sp³-hybridized carbons (Fsp3) is 0.500. The minimum atomic E-state index is -0.864. The standard InChI is InChI=1S/C18H24N4O6/c1-18(2,3)20-17(25)19-15(23)11-28-16(24)13-10-12(22(26)27)6-7-14(13)21-8-4-5-9-21/h6-7,10H,4-5,8-9,11H2,1-3H3,(H2,19,20,23,25). The van der Waals surface area contributed by atoms with E-state index < -0.39 is 35.0 Å². The molecule has 1 aliphatic heterocycles. The molecular weight excluding hydrogens is 368 g/mol. The number of hydrogen-bond acceptors (Lipinski definition) is 7. The Labute approximate surface area is 162 Å². The maximum Gasteiger partial charge on any atom is 0.341 e. The summed E-state index contributed by atoms with van der Waals surface area (Å²) in [5.74, 6) is -1.67. The van der Waals surface area contributed by atoms with Gasteiger partial charge in [-0.3, -0.25) is 20.2 Å². The maximum absolute atomic E-state index is 12.5. The van der Waals surface area contributed by atoms with Gasteiger partial charge in [-0.2, -0.15) is 0 Å². The van der Waals surface area contributed by atoms with Gasteiger partial charge in [0.2, 0.25) is 0 Å². The normalized spacial score (nSPS) is 13.8. The molecule has 1 saturated heterocycles. The first-order valence-corrected chi connectivity index (χ1v) is 8.89. The Bertz CT molecular complexity index is 781. The molecular formula is C18H24N4O6. The van der Waals surface area contributed by atoms with E-state index in [4.69, 9.17) is 4.74 Å². The smallest absolute Gasteiger partial charge is 0.341 e. The van der Waals surface area contributed by atoms with Crippen LogP contribution in [0.5, 0.6) is 0 Å². The van der Waals surface area contributed by atoms with Crippen molar-refractivity contribution in [2.24, 2.45) is 0 Å². The summed E-state index contributed by atoms with van der Waals surface area (Å²) in [4.78, 5) is 48.3. The first-order valence-electron chi connectivity index (χ1n) is 8.89. The minimum Gasteiger partial charge on any atom is -0.452 e. The highest BCUT2D eigenvalue weighted by Gasteiger charge is 2.24. The maximum atomic E-state index is 12.5. The fourth-order valence-corrected chi connectivity index (χ4v) is 2.78. The van der Waals surface area contributed by atoms with E-state index in [1.165, 1.54) is 12.1 Å². The van der Waals surface area contributed by atoms with E-state index in [1.54, 1.807) is 20.8 Å². The van der Waals surface area contributed by atoms with Gasteiger partial charge in [0, 0.05) is 30.8 Å². The second-order valence-electron chi connectivity index (χ2n) is 7.48. The van der Waals surface area contributed by atoms with Crippen molar-refractivity contribution in [3.8, 4) is 0 Å². The average molecular weight is 392 g/mol. The number of carbonyl (C=O) groups excluding carboxylic acids is 3. The molecule has 0 saturated carbocycles. The van der Waals surface area contributed by atoms with Gasteiger partial charge < -0.3 is 15.0 Å². The summed E-state index contributed by atoms with van der Waals surface area (Å²) in [6.07, 6.45) is 1.91. The van der Waals surface area contributed by atoms with Crippen molar-refractivity contribution in [1.29, 1.82) is 0 Å². The summed E-state index contributed by atoms with van der Waals surface area (Å²) in [5, 5.41) is 15.6. The number of hydrogen-bond donors (Lipinski definition) is 2. The largest absolute Gasteiger partial charge is 0.452 e. The molecule has 0 bridgehead atoms. The molecule has 3 amide bonds. The van der Waals surface area contributed by atoms with E-state index in [9.17, 15) is 24.5 Å². The number of carbonyl (C=O) groups is 3. The molecule has 0 aromatic heterocycles. The molecule has 0 radical (unpaired) electrons. The quantitative estimate of drug-likeness (QED) is 0.445. The third kappa shape index (κ3) is 5.93. The van der Waals surface area contributed by atoms with Gasteiger partial charge in [-0.25, -0.2) is 9.59 Å². The molecule has 1 fully saturated rings. The summed E-state index contributed by atoms with van der Waals surface area (Å²) >= 11 is 0. The third-order valence-corrected chi connectivity index (χ3v) is 3.93. The summed E-state index contributed by atoms with van der Waals surface area (Å²) in [6, 6.07) is 3.27. The summed E-state index contributed by atoms with van der Waals surface area (Å²) in [5.41, 5.74) is -0.236. The first kappa shape index (κ1) is 21.1. The molecule has 0 spiro atoms. The number of amides is 3. The number of esters is 1. The van der Waals surface area contributed by atoms with Crippen LogP contribution in [0.25, 0.3) is 0 Å². The van der Waals surface area contributed by atoms with Crippen LogP contribution >= 0.6 is 0 Å². The molecule has 2 N–H and O–H groups in total. The van der Waals surface area contributed by atoms with Crippen molar-refractivity contribution in [2.75, 3.05) is 24.6 Å². The van der Waals surface area contributed by atoms with Crippen molar-refractivity contribution < 1.29 is 24.0 Å². The predicted octanol–water partition coefficient (Wildman–Crippen LogP) is 1.98. The Balaban J connectivity index is 2.06. The number of ether oxygens (including phenoxy) is 1. The molecule has 1 heterocycles. The van der Waals surface area contributed by atoms with Crippen LogP contribution in [0.3, 0.4) is 0 Å². The SMILES string of the molecule is CC(C)(C)NC(=O)NC(=O)COC(=O)c1cc([N+](=O)[O-])ccc1N1CCCC1. The van der Waals surface area contributed by atoms with Crippen molar-refractivity contribution in [1.82, 2.24) is 10.6 Å². The average Bonchev–Trinajstić information content (AvgIpc) is 3.11. The Kier molecular flexibility index (Phi) is 6.55. The molecule has 1 aromatic rings. The van der Waals surface area contributed by atoms with Crippen LogP contribution in [-0.4, -0.2) is 48.1 Å². The lowest BCUT2D eigenvalue weighted by Gasteiger charge is -2.21. The number of nitrogens with one attached hydrogen (secondary N) is 2. The third-order valence-electron chi connectivity index (χ3n) is 3.93. The summed E-state index contributed by atoms with van der Waals surface area (Å²) in [6.45, 7) is 6.02. The van der Waals surface area contributed by atoms with Gasteiger partial charge in [0.15, 0.2) is 6.61 Å². The van der Waals surface area contributed by atoms with Gasteiger partial charge in [-0.1, -0.05) is 0 Å². The molecule has 2 rings (SSSR count). The number of nitrogens with zero attached hydrogens (tertiary/aromatic N) is 2. The fourth-order valence-electron chi connectivity index (χ4n) is 2.78. The zero-order valence-electron chi connectivity index (χ0n) is 16.1. The molecule has 0 unspecified atom stereocenters. The number of anilines is 1. The van der Waals surface area contributed by atoms with Gasteiger partial charge in [0.1, 0.15) is 0 Å². The first-order chi connectivity index (χ1) is 13.1. The molecule has 1 aliphatic rings. The Hall–Kier alpha value is -3.17. The molecule has 0 aliphatic carbocycles. The number of rotatable bonds is 5. The van der Waals surface area contributed by atoms with Gasteiger partial charge >= 0.3 is 12.0 Å². The van der Waals surface area contributed by atoms with E-state index in [0.29, 0.717) is 5.69 Å². The van der Waals surface area contributed by atoms with E-state index in [1.807, 2.05) is 4.90 Å². The molecule has 28 heavy (non-hydrogen) atoms. The lowest BCUT2D eigenvalue weighted by atomic mass is 10.1. The van der Waals surface area contributed by atoms with Crippen molar-refractivity contribution in [3.05, 3.63) is 33.9 Å². The van der Waals surface area contributed by atoms with Crippen LogP contribution in [0.1, 0.15) is 44.0 Å². The molecule has 10 heteroatoms. The van der Waals surface area contributed by atoms with Crippen molar-refractivity contribution >= 4 is 29.3 Å². The number of nitro benzene ring substituents is 1. The second kappa shape index (κ2) is 8.68. The van der Waals surface area contributed by atoms with Gasteiger partial charge in [0.05, 0.1) is 16.2 Å². The second-order valence-corrected chi connectivity index (χ2v) is 7.48. The molecule has 1 aromatic carbocycles. The van der Waals surface area contributed by atoms with Crippen molar-refractivity contribution in [3.63, 3.8) is 0 Å². The monoisotopic (exact) mass is 392 g/mol. The Morgan fingerprint density at radius 1 is 1.21 bits per heavy atom. The topological polar surface area (TPSA) is 131 Å². The van der Waals surface area contributed by atoms with Gasteiger partial charge in [0.25, 0.3) is 11.6 Å². The zero-order valence-corrected chi connectivity index (χ0v) is 16.1. The van der Waals surface area contributed by atoms with Gasteiger partial charge in [-0.05, 0) is 39.7 Å². The number of benzene rings is 1. The van der Waals surface area contributed by atoms with E-state index in [-0.39, 0.29) is 11.3 Å². The van der Waals surface area contributed by atoms with Crippen LogP contribution in [0.15, 0.2) is 18.2 Å². The van der Waals surface area contributed by atoms with Crippen LogP contribution < -0.4 is 15.5 Å². The number of urea groups is 1. The molecule has 0 atom stereocenters. The predicted molar refractivity (Wildman–Crippen MR) is 101 cm³/mol. The highest BCUT2D eigenvalue weighted by Crippen LogP contribution is 2.28. The van der Waals surface area contributed by atoms with Crippen molar-refractivity contribution in [2.45, 2.75) is 39.2 Å². The Morgan fingerprint density at radius 2 is 1.86 bits per heavy atom. The number of nitro groups is 1. The van der Waals surface area contributed by atoms with E-state index in [2.05, 4.69) is 10.6 Å². The summed E-state index contributed by atoms with van der Waals surface area (Å²) < 4.78 is 4.98. The molecule has 10 nitrogen and oxygen atoms in total. The molecule has 152 valence electrons. The number of imide groups is 1. The summed E-state index contributed by atoms with van der Waals surface area (Å²) in [7, 11) is 0. The Morgan fingerprint density at radius 3 is 2.43 bits per heavy atom. The van der Waals surface area contributed by atoms with E-state index in [0.717, 1.165) is 32.0 Å². The van der Waals surface area contributed by atoms with Crippen LogP contribution in [0.4, 0.5) is 16.2 Å². The zero-order chi connectivity index (χ0) is 20.9. The highest BCUT2D eigenvalue weighted by molar-refractivity contribution is 5.99. The van der Waals surface area contributed by atoms with Crippen LogP contribution in [0, 0.1) is 10.1 Å². The number of non-ortho nitro benzene ring substituents is 1.